The van der Waals surface area contributed by atoms with Crippen molar-refractivity contribution in [3.8, 4) is 11.5 Å². The number of hydrogen-bond acceptors (Lipinski definition) is 4. The van der Waals surface area contributed by atoms with Crippen molar-refractivity contribution in [2.75, 3.05) is 26.0 Å². The third-order valence-corrected chi connectivity index (χ3v) is 5.64. The molecular weight excluding hydrogens is 258 g/mol. The van der Waals surface area contributed by atoms with E-state index in [1.807, 2.05) is 13.1 Å². The molecule has 3 nitrogen and oxygen atoms in total. The quantitative estimate of drug-likeness (QED) is 0.921. The van der Waals surface area contributed by atoms with Gasteiger partial charge >= 0.3 is 0 Å². The van der Waals surface area contributed by atoms with E-state index < -0.39 is 0 Å². The molecule has 2 atom stereocenters. The van der Waals surface area contributed by atoms with Gasteiger partial charge in [0.15, 0.2) is 11.5 Å². The minimum atomic E-state index is 0.276. The fourth-order valence-corrected chi connectivity index (χ4v) is 4.56. The SMILES string of the molecule is CNC(c1ccc2c(c1)OCCO2)C1(C)CCCS1. The molecule has 1 saturated heterocycles. The second-order valence-corrected chi connectivity index (χ2v) is 7.02. The lowest BCUT2D eigenvalue weighted by molar-refractivity contribution is 0.171. The first-order valence-corrected chi connectivity index (χ1v) is 7.92. The third kappa shape index (κ3) is 2.43. The Bertz CT molecular complexity index is 457. The molecule has 3 rings (SSSR count). The summed E-state index contributed by atoms with van der Waals surface area (Å²) in [5.41, 5.74) is 1.30. The summed E-state index contributed by atoms with van der Waals surface area (Å²) in [5.74, 6) is 3.02. The van der Waals surface area contributed by atoms with Gasteiger partial charge in [0.2, 0.25) is 0 Å². The van der Waals surface area contributed by atoms with Crippen molar-refractivity contribution in [2.45, 2.75) is 30.6 Å². The zero-order chi connectivity index (χ0) is 13.3. The summed E-state index contributed by atoms with van der Waals surface area (Å²) in [7, 11) is 2.05. The first-order valence-electron chi connectivity index (χ1n) is 6.94. The summed E-state index contributed by atoms with van der Waals surface area (Å²) in [6, 6.07) is 6.70. The van der Waals surface area contributed by atoms with Crippen molar-refractivity contribution in [2.24, 2.45) is 0 Å². The van der Waals surface area contributed by atoms with Crippen LogP contribution in [0.1, 0.15) is 31.4 Å². The first kappa shape index (κ1) is 13.1. The summed E-state index contributed by atoms with van der Waals surface area (Å²) in [6.07, 6.45) is 2.57. The largest absolute Gasteiger partial charge is 0.486 e. The maximum absolute atomic E-state index is 5.69. The Morgan fingerprint density at radius 2 is 2.05 bits per heavy atom. The van der Waals surface area contributed by atoms with Gasteiger partial charge in [-0.1, -0.05) is 6.07 Å². The Morgan fingerprint density at radius 1 is 1.26 bits per heavy atom. The Hall–Kier alpha value is -0.870. The molecule has 0 aliphatic carbocycles. The molecule has 1 aromatic carbocycles. The lowest BCUT2D eigenvalue weighted by atomic mass is 9.90. The fraction of sp³-hybridized carbons (Fsp3) is 0.600. The van der Waals surface area contributed by atoms with E-state index in [1.54, 1.807) is 0 Å². The van der Waals surface area contributed by atoms with E-state index in [4.69, 9.17) is 9.47 Å². The van der Waals surface area contributed by atoms with Gasteiger partial charge in [0.1, 0.15) is 13.2 Å². The molecule has 2 heterocycles. The van der Waals surface area contributed by atoms with Crippen molar-refractivity contribution in [3.63, 3.8) is 0 Å². The number of fused-ring (bicyclic) bond motifs is 1. The molecule has 104 valence electrons. The van der Waals surface area contributed by atoms with E-state index in [2.05, 4.69) is 36.1 Å². The van der Waals surface area contributed by atoms with Crippen molar-refractivity contribution in [1.82, 2.24) is 5.32 Å². The summed E-state index contributed by atoms with van der Waals surface area (Å²) in [5, 5.41) is 3.49. The molecule has 1 fully saturated rings. The zero-order valence-corrected chi connectivity index (χ0v) is 12.4. The molecule has 0 aromatic heterocycles. The van der Waals surface area contributed by atoms with Crippen molar-refractivity contribution in [1.29, 1.82) is 0 Å². The van der Waals surface area contributed by atoms with Gasteiger partial charge in [-0.3, -0.25) is 0 Å². The minimum Gasteiger partial charge on any atom is -0.486 e. The topological polar surface area (TPSA) is 30.5 Å². The van der Waals surface area contributed by atoms with Crippen molar-refractivity contribution >= 4 is 11.8 Å². The van der Waals surface area contributed by atoms with Crippen molar-refractivity contribution < 1.29 is 9.47 Å². The Balaban J connectivity index is 1.91. The highest BCUT2D eigenvalue weighted by Gasteiger charge is 2.38. The highest BCUT2D eigenvalue weighted by Crippen LogP contribution is 2.47. The van der Waals surface area contributed by atoms with Gasteiger partial charge in [-0.2, -0.15) is 11.8 Å². The lowest BCUT2D eigenvalue weighted by Crippen LogP contribution is -2.35. The second-order valence-electron chi connectivity index (χ2n) is 5.39. The number of benzene rings is 1. The van der Waals surface area contributed by atoms with E-state index >= 15 is 0 Å². The molecule has 0 spiro atoms. The van der Waals surface area contributed by atoms with E-state index in [0.29, 0.717) is 19.3 Å². The van der Waals surface area contributed by atoms with Gasteiger partial charge in [-0.15, -0.1) is 0 Å². The van der Waals surface area contributed by atoms with Gasteiger partial charge < -0.3 is 14.8 Å². The Kier molecular flexibility index (Phi) is 3.63. The molecule has 2 aliphatic heterocycles. The molecule has 1 aromatic rings. The van der Waals surface area contributed by atoms with E-state index in [0.717, 1.165) is 11.5 Å². The van der Waals surface area contributed by atoms with Gasteiger partial charge in [-0.25, -0.2) is 0 Å². The smallest absolute Gasteiger partial charge is 0.161 e. The molecule has 0 amide bonds. The van der Waals surface area contributed by atoms with Crippen molar-refractivity contribution in [3.05, 3.63) is 23.8 Å². The predicted molar refractivity (Wildman–Crippen MR) is 79.3 cm³/mol. The minimum absolute atomic E-state index is 0.276. The van der Waals surface area contributed by atoms with Crippen LogP contribution in [0.4, 0.5) is 0 Å². The lowest BCUT2D eigenvalue weighted by Gasteiger charge is -2.34. The van der Waals surface area contributed by atoms with E-state index in [1.165, 1.54) is 24.2 Å². The molecule has 19 heavy (non-hydrogen) atoms. The van der Waals surface area contributed by atoms with Gasteiger partial charge in [0.05, 0.1) is 0 Å². The third-order valence-electron chi connectivity index (χ3n) is 4.05. The standard InChI is InChI=1S/C15H21NO2S/c1-15(6-3-9-19-15)14(16-2)11-4-5-12-13(10-11)18-8-7-17-12/h4-5,10,14,16H,3,6-9H2,1-2H3. The van der Waals surface area contributed by atoms with Crippen LogP contribution in [0.15, 0.2) is 18.2 Å². The highest BCUT2D eigenvalue weighted by atomic mass is 32.2. The fourth-order valence-electron chi connectivity index (χ4n) is 3.09. The van der Waals surface area contributed by atoms with Crippen LogP contribution in [0.5, 0.6) is 11.5 Å². The highest BCUT2D eigenvalue weighted by molar-refractivity contribution is 8.00. The maximum Gasteiger partial charge on any atom is 0.161 e. The van der Waals surface area contributed by atoms with Crippen LogP contribution in [0.25, 0.3) is 0 Å². The van der Waals surface area contributed by atoms with Crippen LogP contribution >= 0.6 is 11.8 Å². The average Bonchev–Trinajstić information content (AvgIpc) is 2.87. The number of thioether (sulfide) groups is 1. The molecule has 0 bridgehead atoms. The predicted octanol–water partition coefficient (Wildman–Crippen LogP) is 3.00. The maximum atomic E-state index is 5.69. The zero-order valence-electron chi connectivity index (χ0n) is 11.6. The molecule has 1 N–H and O–H groups in total. The Morgan fingerprint density at radius 3 is 2.74 bits per heavy atom. The first-order chi connectivity index (χ1) is 9.23. The molecule has 2 unspecified atom stereocenters. The van der Waals surface area contributed by atoms with Crippen LogP contribution < -0.4 is 14.8 Å². The van der Waals surface area contributed by atoms with E-state index in [9.17, 15) is 0 Å². The number of nitrogens with one attached hydrogen (secondary N) is 1. The van der Waals surface area contributed by atoms with Crippen LogP contribution in [0, 0.1) is 0 Å². The summed E-state index contributed by atoms with van der Waals surface area (Å²) in [4.78, 5) is 0. The van der Waals surface area contributed by atoms with Gasteiger partial charge in [0, 0.05) is 10.8 Å². The van der Waals surface area contributed by atoms with Gasteiger partial charge in [-0.05, 0) is 50.3 Å². The van der Waals surface area contributed by atoms with E-state index in [-0.39, 0.29) is 4.75 Å². The molecule has 4 heteroatoms. The van der Waals surface area contributed by atoms with Crippen LogP contribution in [-0.2, 0) is 0 Å². The van der Waals surface area contributed by atoms with Crippen LogP contribution in [0.2, 0.25) is 0 Å². The second kappa shape index (κ2) is 5.25. The molecular formula is C15H21NO2S. The summed E-state index contributed by atoms with van der Waals surface area (Å²) >= 11 is 2.08. The number of ether oxygens (including phenoxy) is 2. The van der Waals surface area contributed by atoms with Crippen LogP contribution in [-0.4, -0.2) is 30.8 Å². The number of hydrogen-bond donors (Lipinski definition) is 1. The van der Waals surface area contributed by atoms with Gasteiger partial charge in [0.25, 0.3) is 0 Å². The molecule has 0 radical (unpaired) electrons. The molecule has 0 saturated carbocycles. The summed E-state index contributed by atoms with van der Waals surface area (Å²) in [6.45, 7) is 3.66. The van der Waals surface area contributed by atoms with Crippen LogP contribution in [0.3, 0.4) is 0 Å². The number of rotatable bonds is 3. The molecule has 2 aliphatic rings. The average molecular weight is 279 g/mol. The normalized spacial score (nSPS) is 27.3. The summed E-state index contributed by atoms with van der Waals surface area (Å²) < 4.78 is 11.6. The Labute approximate surface area is 119 Å². The monoisotopic (exact) mass is 279 g/mol.